The van der Waals surface area contributed by atoms with Crippen LogP contribution in [0.4, 0.5) is 0 Å². The summed E-state index contributed by atoms with van der Waals surface area (Å²) in [5.41, 5.74) is 0. The van der Waals surface area contributed by atoms with E-state index >= 15 is 0 Å². The topological polar surface area (TPSA) is 9.72 Å². The summed E-state index contributed by atoms with van der Waals surface area (Å²) in [7, 11) is 4.43. The van der Waals surface area contributed by atoms with E-state index < -0.39 is 0 Å². The van der Waals surface area contributed by atoms with Gasteiger partial charge >= 0.3 is 0 Å². The fourth-order valence-corrected chi connectivity index (χ4v) is 2.31. The molecule has 110 valence electrons. The predicted molar refractivity (Wildman–Crippen MR) is 81.2 cm³/mol. The van der Waals surface area contributed by atoms with Gasteiger partial charge in [-0.2, -0.15) is 5.12 Å². The lowest BCUT2D eigenvalue weighted by molar-refractivity contribution is -0.213. The first kappa shape index (κ1) is 17.9. The molecule has 0 amide bonds. The van der Waals surface area contributed by atoms with Crippen LogP contribution in [0.25, 0.3) is 0 Å². The highest BCUT2D eigenvalue weighted by Gasteiger charge is 2.25. The lowest BCUT2D eigenvalue weighted by Crippen LogP contribution is -2.58. The predicted octanol–water partition coefficient (Wildman–Crippen LogP) is 3.77. The van der Waals surface area contributed by atoms with Crippen molar-refractivity contribution in [2.45, 2.75) is 85.4 Å². The summed E-state index contributed by atoms with van der Waals surface area (Å²) in [6, 6.07) is 1.67. The number of unbranched alkanes of at least 4 members (excludes halogenated alkanes) is 1. The van der Waals surface area contributed by atoms with Crippen molar-refractivity contribution in [2.24, 2.45) is 0 Å². The molecule has 0 heterocycles. The maximum Gasteiger partial charge on any atom is 0.0348 e. The first-order chi connectivity index (χ1) is 8.36. The summed E-state index contributed by atoms with van der Waals surface area (Å²) in [5, 5.41) is 7.20. The second-order valence-corrected chi connectivity index (χ2v) is 5.81. The van der Waals surface area contributed by atoms with Gasteiger partial charge in [-0.3, -0.25) is 0 Å². The molecule has 0 fully saturated rings. The van der Waals surface area contributed by atoms with Crippen LogP contribution in [-0.2, 0) is 0 Å². The zero-order valence-corrected chi connectivity index (χ0v) is 13.9. The molecule has 3 nitrogen and oxygen atoms in total. The van der Waals surface area contributed by atoms with Crippen LogP contribution in [0.3, 0.4) is 0 Å². The number of hydrazine groups is 2. The van der Waals surface area contributed by atoms with Gasteiger partial charge in [0.25, 0.3) is 0 Å². The van der Waals surface area contributed by atoms with Gasteiger partial charge in [0, 0.05) is 32.2 Å². The van der Waals surface area contributed by atoms with Crippen molar-refractivity contribution in [1.82, 2.24) is 15.1 Å². The van der Waals surface area contributed by atoms with Gasteiger partial charge in [-0.1, -0.05) is 26.7 Å². The van der Waals surface area contributed by atoms with E-state index in [2.05, 4.69) is 70.8 Å². The number of hydrogen-bond donors (Lipinski definition) is 0. The van der Waals surface area contributed by atoms with Crippen molar-refractivity contribution in [3.05, 3.63) is 0 Å². The Morgan fingerprint density at radius 2 is 1.33 bits per heavy atom. The average molecular weight is 257 g/mol. The molecule has 0 aromatic carbocycles. The lowest BCUT2D eigenvalue weighted by atomic mass is 10.1. The zero-order chi connectivity index (χ0) is 14.3. The molecule has 0 saturated carbocycles. The van der Waals surface area contributed by atoms with Crippen LogP contribution in [0.5, 0.6) is 0 Å². The van der Waals surface area contributed by atoms with Gasteiger partial charge < -0.3 is 0 Å². The maximum absolute atomic E-state index is 2.41. The van der Waals surface area contributed by atoms with Gasteiger partial charge in [0.1, 0.15) is 0 Å². The van der Waals surface area contributed by atoms with Crippen LogP contribution in [0.1, 0.15) is 67.2 Å². The molecule has 0 N–H and O–H groups in total. The summed E-state index contributed by atoms with van der Waals surface area (Å²) in [4.78, 5) is 0. The van der Waals surface area contributed by atoms with E-state index in [-0.39, 0.29) is 0 Å². The van der Waals surface area contributed by atoms with Crippen molar-refractivity contribution in [3.8, 4) is 0 Å². The number of hydrogen-bond acceptors (Lipinski definition) is 3. The molecule has 0 saturated heterocycles. The fourth-order valence-electron chi connectivity index (χ4n) is 2.31. The monoisotopic (exact) mass is 257 g/mol. The van der Waals surface area contributed by atoms with E-state index in [0.717, 1.165) is 0 Å². The normalized spacial score (nSPS) is 16.0. The molecule has 0 bridgehead atoms. The summed E-state index contributed by atoms with van der Waals surface area (Å²) >= 11 is 0. The smallest absolute Gasteiger partial charge is 0.0348 e. The Morgan fingerprint density at radius 3 is 1.72 bits per heavy atom. The van der Waals surface area contributed by atoms with Crippen molar-refractivity contribution in [1.29, 1.82) is 0 Å². The van der Waals surface area contributed by atoms with Gasteiger partial charge in [-0.15, -0.1) is 0 Å². The summed E-state index contributed by atoms with van der Waals surface area (Å²) in [5.74, 6) is 0. The van der Waals surface area contributed by atoms with Crippen LogP contribution in [0.2, 0.25) is 0 Å². The van der Waals surface area contributed by atoms with Crippen LogP contribution >= 0.6 is 0 Å². The lowest BCUT2D eigenvalue weighted by Gasteiger charge is -2.46. The van der Waals surface area contributed by atoms with E-state index in [1.807, 2.05) is 0 Å². The maximum atomic E-state index is 2.41. The van der Waals surface area contributed by atoms with Crippen LogP contribution in [-0.4, -0.2) is 47.4 Å². The molecule has 0 rings (SSSR count). The molecule has 0 aliphatic rings. The standard InChI is InChI=1S/C15H35N3/c1-9-11-12-15(6)17(8)18(13(3)4)16(7)14(5)10-2/h13-15H,9-12H2,1-8H3. The van der Waals surface area contributed by atoms with Crippen LogP contribution in [0.15, 0.2) is 0 Å². The molecule has 2 unspecified atom stereocenters. The van der Waals surface area contributed by atoms with Gasteiger partial charge in [-0.25, -0.2) is 10.0 Å². The molecule has 0 aliphatic heterocycles. The summed E-state index contributed by atoms with van der Waals surface area (Å²) < 4.78 is 0. The van der Waals surface area contributed by atoms with Gasteiger partial charge in [0.05, 0.1) is 0 Å². The molecule has 2 atom stereocenters. The van der Waals surface area contributed by atoms with Crippen molar-refractivity contribution >= 4 is 0 Å². The Labute approximate surface area is 115 Å². The van der Waals surface area contributed by atoms with E-state index in [1.54, 1.807) is 0 Å². The number of nitrogens with zero attached hydrogens (tertiary/aromatic N) is 3. The van der Waals surface area contributed by atoms with Crippen LogP contribution < -0.4 is 0 Å². The average Bonchev–Trinajstić information content (AvgIpc) is 2.34. The first-order valence-electron chi connectivity index (χ1n) is 7.61. The molecular weight excluding hydrogens is 222 g/mol. The van der Waals surface area contributed by atoms with Crippen molar-refractivity contribution in [2.75, 3.05) is 14.1 Å². The highest BCUT2D eigenvalue weighted by Crippen LogP contribution is 2.16. The second-order valence-electron chi connectivity index (χ2n) is 5.81. The largest absolute Gasteiger partial charge is 0.228 e. The molecule has 0 aliphatic carbocycles. The molecule has 0 aromatic rings. The third kappa shape index (κ3) is 5.25. The Kier molecular flexibility index (Phi) is 8.83. The van der Waals surface area contributed by atoms with Crippen LogP contribution in [0, 0.1) is 0 Å². The Hall–Kier alpha value is -0.120. The number of rotatable bonds is 9. The third-order valence-corrected chi connectivity index (χ3v) is 3.95. The fraction of sp³-hybridized carbons (Fsp3) is 1.00. The first-order valence-corrected chi connectivity index (χ1v) is 7.61. The third-order valence-electron chi connectivity index (χ3n) is 3.95. The van der Waals surface area contributed by atoms with E-state index in [4.69, 9.17) is 0 Å². The van der Waals surface area contributed by atoms with Gasteiger partial charge in [0.15, 0.2) is 0 Å². The van der Waals surface area contributed by atoms with Crippen molar-refractivity contribution in [3.63, 3.8) is 0 Å². The minimum Gasteiger partial charge on any atom is -0.228 e. The van der Waals surface area contributed by atoms with E-state index in [9.17, 15) is 0 Å². The molecule has 0 spiro atoms. The SMILES string of the molecule is CCCCC(C)N(C)N(C(C)C)N(C)C(C)CC. The highest BCUT2D eigenvalue weighted by atomic mass is 15.9. The minimum atomic E-state index is 0.498. The molecule has 18 heavy (non-hydrogen) atoms. The zero-order valence-electron chi connectivity index (χ0n) is 13.9. The highest BCUT2D eigenvalue weighted by molar-refractivity contribution is 4.67. The van der Waals surface area contributed by atoms with E-state index in [1.165, 1.54) is 25.7 Å². The Bertz CT molecular complexity index is 206. The molecule has 3 heteroatoms. The molecular formula is C15H35N3. The Morgan fingerprint density at radius 1 is 0.833 bits per heavy atom. The molecule has 0 aromatic heterocycles. The van der Waals surface area contributed by atoms with Gasteiger partial charge in [0.2, 0.25) is 0 Å². The quantitative estimate of drug-likeness (QED) is 0.582. The molecule has 0 radical (unpaired) electrons. The summed E-state index contributed by atoms with van der Waals surface area (Å²) in [6.45, 7) is 13.7. The van der Waals surface area contributed by atoms with E-state index in [0.29, 0.717) is 18.1 Å². The van der Waals surface area contributed by atoms with Gasteiger partial charge in [-0.05, 0) is 40.5 Å². The Balaban J connectivity index is 4.67. The van der Waals surface area contributed by atoms with Crippen molar-refractivity contribution < 1.29 is 0 Å². The second kappa shape index (κ2) is 8.89. The summed E-state index contributed by atoms with van der Waals surface area (Å²) in [6.07, 6.45) is 5.03. The minimum absolute atomic E-state index is 0.498.